The van der Waals surface area contributed by atoms with Crippen LogP contribution in [0.1, 0.15) is 0 Å². The Morgan fingerprint density at radius 2 is 1.50 bits per heavy atom. The summed E-state index contributed by atoms with van der Waals surface area (Å²) in [5.41, 5.74) is 16.1. The molecule has 7 N–H and O–H groups in total. The zero-order valence-electron chi connectivity index (χ0n) is 10.1. The maximum Gasteiger partial charge on any atom is 0.229 e. The predicted octanol–water partition coefficient (Wildman–Crippen LogP) is -1.56. The summed E-state index contributed by atoms with van der Waals surface area (Å²) in [6, 6.07) is 0. The fourth-order valence-corrected chi connectivity index (χ4v) is 1.13. The Morgan fingerprint density at radius 3 is 2.11 bits per heavy atom. The molecule has 0 unspecified atom stereocenters. The van der Waals surface area contributed by atoms with E-state index in [0.29, 0.717) is 45.5 Å². The number of nitrogens with zero attached hydrogens (tertiary/aromatic N) is 3. The second kappa shape index (κ2) is 8.39. The first kappa shape index (κ1) is 14.4. The number of aromatic nitrogens is 3. The molecule has 102 valence electrons. The van der Waals surface area contributed by atoms with Gasteiger partial charge in [-0.25, -0.2) is 0 Å². The van der Waals surface area contributed by atoms with Crippen LogP contribution in [0.5, 0.6) is 0 Å². The number of nitrogens with two attached hydrogens (primary N) is 3. The molecule has 0 fully saturated rings. The molecule has 1 aromatic heterocycles. The summed E-state index contributed by atoms with van der Waals surface area (Å²) in [6.07, 6.45) is 0. The lowest BCUT2D eigenvalue weighted by atomic mass is 10.6. The largest absolute Gasteiger partial charge is 0.378 e. The van der Waals surface area contributed by atoms with Crippen LogP contribution in [0.3, 0.4) is 0 Å². The summed E-state index contributed by atoms with van der Waals surface area (Å²) in [5.74, 6) is 0.505. The zero-order chi connectivity index (χ0) is 13.2. The lowest BCUT2D eigenvalue weighted by molar-refractivity contribution is 0.0547. The minimum Gasteiger partial charge on any atom is -0.378 e. The second-order valence-electron chi connectivity index (χ2n) is 3.32. The molecule has 0 aliphatic heterocycles. The molecule has 0 radical (unpaired) electrons. The fourth-order valence-electron chi connectivity index (χ4n) is 1.13. The lowest BCUT2D eigenvalue weighted by Crippen LogP contribution is -2.16. The molecule has 1 rings (SSSR count). The number of hydrogen-bond donors (Lipinski definition) is 4. The van der Waals surface area contributed by atoms with E-state index in [9.17, 15) is 0 Å². The van der Waals surface area contributed by atoms with Gasteiger partial charge in [0.25, 0.3) is 0 Å². The van der Waals surface area contributed by atoms with Crippen LogP contribution in [0.15, 0.2) is 0 Å². The van der Waals surface area contributed by atoms with E-state index in [-0.39, 0.29) is 11.9 Å². The van der Waals surface area contributed by atoms with Crippen LogP contribution in [0.2, 0.25) is 0 Å². The van der Waals surface area contributed by atoms with Crippen molar-refractivity contribution in [2.45, 2.75) is 0 Å². The van der Waals surface area contributed by atoms with Gasteiger partial charge in [-0.3, -0.25) is 0 Å². The molecule has 0 bridgehead atoms. The average Bonchev–Trinajstić information content (AvgIpc) is 2.31. The molecular formula is C9H19N7O2. The SMILES string of the molecule is NCCOCCOCCNc1nc(N)nc(N)n1. The number of nitrogens with one attached hydrogen (secondary N) is 1. The molecule has 0 spiro atoms. The van der Waals surface area contributed by atoms with Gasteiger partial charge in [0.15, 0.2) is 0 Å². The van der Waals surface area contributed by atoms with Crippen molar-refractivity contribution in [1.29, 1.82) is 0 Å². The molecule has 9 heteroatoms. The van der Waals surface area contributed by atoms with E-state index in [1.807, 2.05) is 0 Å². The van der Waals surface area contributed by atoms with Crippen molar-refractivity contribution in [1.82, 2.24) is 15.0 Å². The van der Waals surface area contributed by atoms with Crippen LogP contribution >= 0.6 is 0 Å². The molecule has 0 atom stereocenters. The minimum absolute atomic E-state index is 0.0844. The van der Waals surface area contributed by atoms with E-state index in [4.69, 9.17) is 26.7 Å². The maximum absolute atomic E-state index is 5.42. The first-order chi connectivity index (χ1) is 8.72. The van der Waals surface area contributed by atoms with Gasteiger partial charge in [-0.2, -0.15) is 15.0 Å². The van der Waals surface area contributed by atoms with Crippen LogP contribution in [-0.4, -0.2) is 54.5 Å². The highest BCUT2D eigenvalue weighted by atomic mass is 16.5. The zero-order valence-corrected chi connectivity index (χ0v) is 10.1. The Hall–Kier alpha value is -1.71. The van der Waals surface area contributed by atoms with Gasteiger partial charge in [0.1, 0.15) is 0 Å². The van der Waals surface area contributed by atoms with E-state index in [0.717, 1.165) is 0 Å². The molecule has 0 aromatic carbocycles. The van der Waals surface area contributed by atoms with Gasteiger partial charge in [-0.1, -0.05) is 0 Å². The van der Waals surface area contributed by atoms with E-state index in [1.165, 1.54) is 0 Å². The van der Waals surface area contributed by atoms with Crippen LogP contribution in [0.4, 0.5) is 17.8 Å². The first-order valence-electron chi connectivity index (χ1n) is 5.59. The topological polar surface area (TPSA) is 147 Å². The van der Waals surface area contributed by atoms with Gasteiger partial charge in [0.2, 0.25) is 17.8 Å². The van der Waals surface area contributed by atoms with Crippen molar-refractivity contribution in [2.24, 2.45) is 5.73 Å². The van der Waals surface area contributed by atoms with Crippen molar-refractivity contribution < 1.29 is 9.47 Å². The van der Waals surface area contributed by atoms with Crippen LogP contribution in [-0.2, 0) is 9.47 Å². The average molecular weight is 257 g/mol. The minimum atomic E-state index is 0.0844. The second-order valence-corrected chi connectivity index (χ2v) is 3.32. The normalized spacial score (nSPS) is 10.5. The van der Waals surface area contributed by atoms with Crippen molar-refractivity contribution in [3.63, 3.8) is 0 Å². The monoisotopic (exact) mass is 257 g/mol. The summed E-state index contributed by atoms with van der Waals surface area (Å²) >= 11 is 0. The molecule has 0 saturated carbocycles. The van der Waals surface area contributed by atoms with Crippen molar-refractivity contribution in [3.8, 4) is 0 Å². The van der Waals surface area contributed by atoms with Crippen LogP contribution < -0.4 is 22.5 Å². The fraction of sp³-hybridized carbons (Fsp3) is 0.667. The first-order valence-corrected chi connectivity index (χ1v) is 5.59. The quantitative estimate of drug-likeness (QED) is 0.385. The summed E-state index contributed by atoms with van der Waals surface area (Å²) in [4.78, 5) is 11.4. The highest BCUT2D eigenvalue weighted by Crippen LogP contribution is 2.02. The summed E-state index contributed by atoms with van der Waals surface area (Å²) < 4.78 is 10.4. The standard InChI is InChI=1S/C9H19N7O2/c10-1-3-17-5-6-18-4-2-13-9-15-7(11)14-8(12)16-9/h1-6,10H2,(H5,11,12,13,14,15,16). The van der Waals surface area contributed by atoms with E-state index >= 15 is 0 Å². The highest BCUT2D eigenvalue weighted by molar-refractivity contribution is 5.36. The summed E-state index contributed by atoms with van der Waals surface area (Å²) in [5, 5.41) is 2.92. The van der Waals surface area contributed by atoms with Gasteiger partial charge in [-0.15, -0.1) is 0 Å². The Kier molecular flexibility index (Phi) is 6.69. The van der Waals surface area contributed by atoms with Gasteiger partial charge in [0, 0.05) is 13.1 Å². The molecular weight excluding hydrogens is 238 g/mol. The van der Waals surface area contributed by atoms with E-state index in [2.05, 4.69) is 20.3 Å². The molecule has 9 nitrogen and oxygen atoms in total. The van der Waals surface area contributed by atoms with Gasteiger partial charge in [-0.05, 0) is 0 Å². The third kappa shape index (κ3) is 6.13. The molecule has 0 aliphatic rings. The number of anilines is 3. The van der Waals surface area contributed by atoms with Gasteiger partial charge < -0.3 is 32.0 Å². The Balaban J connectivity index is 2.07. The smallest absolute Gasteiger partial charge is 0.229 e. The van der Waals surface area contributed by atoms with Crippen molar-refractivity contribution in [2.75, 3.05) is 56.3 Å². The Bertz CT molecular complexity index is 329. The Morgan fingerprint density at radius 1 is 0.889 bits per heavy atom. The third-order valence-electron chi connectivity index (χ3n) is 1.83. The van der Waals surface area contributed by atoms with Crippen molar-refractivity contribution >= 4 is 17.8 Å². The number of nitrogen functional groups attached to an aromatic ring is 2. The predicted molar refractivity (Wildman–Crippen MR) is 67.8 cm³/mol. The number of rotatable bonds is 9. The number of hydrogen-bond acceptors (Lipinski definition) is 9. The Labute approximate surface area is 105 Å². The molecule has 18 heavy (non-hydrogen) atoms. The van der Waals surface area contributed by atoms with E-state index in [1.54, 1.807) is 0 Å². The van der Waals surface area contributed by atoms with Crippen molar-refractivity contribution in [3.05, 3.63) is 0 Å². The molecule has 1 aromatic rings. The third-order valence-corrected chi connectivity index (χ3v) is 1.83. The summed E-state index contributed by atoms with van der Waals surface area (Å²) in [6.45, 7) is 3.15. The van der Waals surface area contributed by atoms with Gasteiger partial charge in [0.05, 0.1) is 26.4 Å². The molecule has 0 saturated heterocycles. The molecule has 1 heterocycles. The maximum atomic E-state index is 5.42. The molecule has 0 amide bonds. The van der Waals surface area contributed by atoms with Crippen LogP contribution in [0, 0.1) is 0 Å². The van der Waals surface area contributed by atoms with Crippen LogP contribution in [0.25, 0.3) is 0 Å². The lowest BCUT2D eigenvalue weighted by Gasteiger charge is -2.07. The number of ether oxygens (including phenoxy) is 2. The van der Waals surface area contributed by atoms with Gasteiger partial charge >= 0.3 is 0 Å². The summed E-state index contributed by atoms with van der Waals surface area (Å²) in [7, 11) is 0. The highest BCUT2D eigenvalue weighted by Gasteiger charge is 2.00. The molecule has 0 aliphatic carbocycles. The van der Waals surface area contributed by atoms with E-state index < -0.39 is 0 Å².